The molecule has 0 amide bonds. The quantitative estimate of drug-likeness (QED) is 0.717. The molecule has 3 aliphatic rings. The largest absolute Gasteiger partial charge is 0.490 e. The summed E-state index contributed by atoms with van der Waals surface area (Å²) >= 11 is 0. The van der Waals surface area contributed by atoms with Gasteiger partial charge in [-0.3, -0.25) is 9.83 Å². The van der Waals surface area contributed by atoms with Crippen molar-refractivity contribution in [2.24, 2.45) is 4.99 Å². The Hall–Kier alpha value is -1.39. The van der Waals surface area contributed by atoms with Crippen LogP contribution < -0.4 is 4.74 Å². The van der Waals surface area contributed by atoms with E-state index in [0.717, 1.165) is 23.4 Å². The maximum Gasteiger partial charge on any atom is 0.167 e. The number of hydrogen-bond donors (Lipinski definition) is 0. The number of hydrogen-bond acceptors (Lipinski definition) is 4. The third-order valence-corrected chi connectivity index (χ3v) is 4.59. The molecule has 0 N–H and O–H groups in total. The van der Waals surface area contributed by atoms with E-state index in [-0.39, 0.29) is 11.6 Å². The molecule has 19 heavy (non-hydrogen) atoms. The van der Waals surface area contributed by atoms with Crippen LogP contribution in [0.25, 0.3) is 0 Å². The summed E-state index contributed by atoms with van der Waals surface area (Å²) in [5.74, 6) is 0.938. The Morgan fingerprint density at radius 3 is 2.95 bits per heavy atom. The summed E-state index contributed by atoms with van der Waals surface area (Å²) in [7, 11) is 0. The lowest BCUT2D eigenvalue weighted by molar-refractivity contribution is -0.223. The predicted molar refractivity (Wildman–Crippen MR) is 72.1 cm³/mol. The number of aliphatic imine (C=N–C) groups is 1. The van der Waals surface area contributed by atoms with Crippen LogP contribution in [-0.4, -0.2) is 29.0 Å². The van der Waals surface area contributed by atoms with E-state index in [1.54, 1.807) is 0 Å². The molecule has 0 radical (unpaired) electrons. The molecule has 4 rings (SSSR count). The molecular formula is C15H18N2O2. The van der Waals surface area contributed by atoms with Crippen molar-refractivity contribution in [2.45, 2.75) is 44.5 Å². The standard InChI is InChI=1S/C15H18N2O2/c1-10-14(2,3)17-15(16-10)8-11(19-17)9-18-13-7-5-4-6-12(13)15/h4-7,11H,8-9H2,1-3H3/t11-,15+/m1/s1. The molecule has 0 aromatic heterocycles. The van der Waals surface area contributed by atoms with Crippen molar-refractivity contribution < 1.29 is 9.57 Å². The van der Waals surface area contributed by atoms with Crippen LogP contribution in [0.1, 0.15) is 32.8 Å². The van der Waals surface area contributed by atoms with Crippen LogP contribution in [0.4, 0.5) is 0 Å². The Labute approximate surface area is 113 Å². The number of benzene rings is 1. The Bertz CT molecular complexity index is 581. The summed E-state index contributed by atoms with van der Waals surface area (Å²) < 4.78 is 5.87. The van der Waals surface area contributed by atoms with Crippen molar-refractivity contribution in [1.29, 1.82) is 0 Å². The topological polar surface area (TPSA) is 34.1 Å². The van der Waals surface area contributed by atoms with E-state index in [1.165, 1.54) is 0 Å². The van der Waals surface area contributed by atoms with Crippen LogP contribution in [0.5, 0.6) is 5.75 Å². The first-order valence-corrected chi connectivity index (χ1v) is 6.80. The third kappa shape index (κ3) is 1.28. The highest BCUT2D eigenvalue weighted by atomic mass is 16.7. The SMILES string of the molecule is CC1=N[C@]23C[C@H](COc4ccccc42)ON3C1(C)C. The highest BCUT2D eigenvalue weighted by Gasteiger charge is 2.61. The Morgan fingerprint density at radius 2 is 2.11 bits per heavy atom. The summed E-state index contributed by atoms with van der Waals surface area (Å²) in [6.07, 6.45) is 0.952. The fourth-order valence-corrected chi connectivity index (χ4v) is 3.40. The molecule has 0 unspecified atom stereocenters. The van der Waals surface area contributed by atoms with E-state index in [2.05, 4.69) is 31.9 Å². The van der Waals surface area contributed by atoms with Crippen molar-refractivity contribution in [3.05, 3.63) is 29.8 Å². The number of nitrogens with zero attached hydrogens (tertiary/aromatic N) is 2. The normalized spacial score (nSPS) is 35.1. The van der Waals surface area contributed by atoms with Crippen LogP contribution in [0.3, 0.4) is 0 Å². The maximum absolute atomic E-state index is 6.12. The molecule has 0 saturated carbocycles. The van der Waals surface area contributed by atoms with Crippen molar-refractivity contribution in [1.82, 2.24) is 5.06 Å². The molecule has 3 heterocycles. The van der Waals surface area contributed by atoms with E-state index in [0.29, 0.717) is 6.61 Å². The van der Waals surface area contributed by atoms with Gasteiger partial charge in [0.15, 0.2) is 5.66 Å². The number of fused-ring (bicyclic) bond motifs is 2. The van der Waals surface area contributed by atoms with Crippen LogP contribution >= 0.6 is 0 Å². The number of para-hydroxylation sites is 1. The van der Waals surface area contributed by atoms with Gasteiger partial charge in [-0.25, -0.2) is 0 Å². The lowest BCUT2D eigenvalue weighted by Gasteiger charge is -2.37. The molecule has 4 nitrogen and oxygen atoms in total. The molecular weight excluding hydrogens is 240 g/mol. The monoisotopic (exact) mass is 258 g/mol. The molecule has 100 valence electrons. The summed E-state index contributed by atoms with van der Waals surface area (Å²) in [6, 6.07) is 8.19. The molecule has 4 heteroatoms. The molecule has 1 fully saturated rings. The van der Waals surface area contributed by atoms with Gasteiger partial charge in [-0.1, -0.05) is 18.2 Å². The average molecular weight is 258 g/mol. The van der Waals surface area contributed by atoms with Crippen molar-refractivity contribution in [3.63, 3.8) is 0 Å². The first-order valence-electron chi connectivity index (χ1n) is 6.80. The van der Waals surface area contributed by atoms with Crippen molar-refractivity contribution >= 4 is 5.71 Å². The second kappa shape index (κ2) is 3.38. The highest BCUT2D eigenvalue weighted by Crippen LogP contribution is 2.54. The minimum absolute atomic E-state index is 0.0866. The average Bonchev–Trinajstić information content (AvgIpc) is 2.76. The van der Waals surface area contributed by atoms with Gasteiger partial charge in [-0.2, -0.15) is 0 Å². The number of hydroxylamine groups is 2. The van der Waals surface area contributed by atoms with Gasteiger partial charge in [0.25, 0.3) is 0 Å². The maximum atomic E-state index is 6.12. The van der Waals surface area contributed by atoms with Crippen LogP contribution in [0.2, 0.25) is 0 Å². The van der Waals surface area contributed by atoms with Gasteiger partial charge in [0.05, 0.1) is 5.54 Å². The molecule has 1 aromatic rings. The van der Waals surface area contributed by atoms with Gasteiger partial charge in [0.1, 0.15) is 18.5 Å². The summed E-state index contributed by atoms with van der Waals surface area (Å²) in [5.41, 5.74) is 1.67. The summed E-state index contributed by atoms with van der Waals surface area (Å²) in [4.78, 5) is 11.1. The van der Waals surface area contributed by atoms with Crippen LogP contribution in [0, 0.1) is 0 Å². The van der Waals surface area contributed by atoms with E-state index < -0.39 is 5.66 Å². The van der Waals surface area contributed by atoms with E-state index in [4.69, 9.17) is 14.6 Å². The minimum Gasteiger partial charge on any atom is -0.490 e. The van der Waals surface area contributed by atoms with Gasteiger partial charge in [0.2, 0.25) is 0 Å². The predicted octanol–water partition coefficient (Wildman–Crippen LogP) is 2.49. The molecule has 2 bridgehead atoms. The second-order valence-electron chi connectivity index (χ2n) is 6.11. The van der Waals surface area contributed by atoms with Crippen molar-refractivity contribution in [3.8, 4) is 5.75 Å². The fourth-order valence-electron chi connectivity index (χ4n) is 3.40. The minimum atomic E-state index is -0.397. The van der Waals surface area contributed by atoms with Gasteiger partial charge in [0, 0.05) is 17.7 Å². The third-order valence-electron chi connectivity index (χ3n) is 4.59. The lowest BCUT2D eigenvalue weighted by atomic mass is 9.93. The summed E-state index contributed by atoms with van der Waals surface area (Å²) in [5, 5.41) is 2.08. The van der Waals surface area contributed by atoms with Gasteiger partial charge in [-0.15, -0.1) is 5.06 Å². The Morgan fingerprint density at radius 1 is 1.32 bits per heavy atom. The zero-order valence-corrected chi connectivity index (χ0v) is 11.5. The first-order chi connectivity index (χ1) is 9.04. The van der Waals surface area contributed by atoms with Gasteiger partial charge in [-0.05, 0) is 26.8 Å². The second-order valence-corrected chi connectivity index (χ2v) is 6.11. The number of rotatable bonds is 0. The molecule has 2 atom stereocenters. The molecule has 3 aliphatic heterocycles. The smallest absolute Gasteiger partial charge is 0.167 e. The Balaban J connectivity index is 1.97. The first kappa shape index (κ1) is 11.4. The molecule has 0 aliphatic carbocycles. The highest BCUT2D eigenvalue weighted by molar-refractivity contribution is 5.93. The van der Waals surface area contributed by atoms with Crippen molar-refractivity contribution in [2.75, 3.05) is 6.61 Å². The molecule has 1 aromatic carbocycles. The zero-order valence-electron chi connectivity index (χ0n) is 11.5. The van der Waals surface area contributed by atoms with Crippen LogP contribution in [0.15, 0.2) is 29.3 Å². The lowest BCUT2D eigenvalue weighted by Crippen LogP contribution is -2.49. The Kier molecular flexibility index (Phi) is 2.03. The van der Waals surface area contributed by atoms with E-state index in [1.807, 2.05) is 18.2 Å². The van der Waals surface area contributed by atoms with Gasteiger partial charge >= 0.3 is 0 Å². The molecule has 1 saturated heterocycles. The van der Waals surface area contributed by atoms with E-state index >= 15 is 0 Å². The van der Waals surface area contributed by atoms with Gasteiger partial charge < -0.3 is 4.74 Å². The number of ether oxygens (including phenoxy) is 1. The fraction of sp³-hybridized carbons (Fsp3) is 0.533. The summed E-state index contributed by atoms with van der Waals surface area (Å²) in [6.45, 7) is 7.02. The van der Waals surface area contributed by atoms with E-state index in [9.17, 15) is 0 Å². The zero-order chi connectivity index (χ0) is 13.3. The molecule has 1 spiro atoms. The van der Waals surface area contributed by atoms with Crippen LogP contribution in [-0.2, 0) is 10.5 Å².